The SMILES string of the molecule is O=C(Cc1ccc([N+](=O)[O-])cc1)N1c2ccccc2S(=O)(=O)c2ccccc21. The molecule has 3 aromatic rings. The molecule has 4 rings (SSSR count). The van der Waals surface area contributed by atoms with Gasteiger partial charge in [-0.25, -0.2) is 8.42 Å². The van der Waals surface area contributed by atoms with Crippen molar-refractivity contribution in [2.45, 2.75) is 16.2 Å². The second kappa shape index (κ2) is 6.58. The lowest BCUT2D eigenvalue weighted by Gasteiger charge is -2.31. The van der Waals surface area contributed by atoms with E-state index in [-0.39, 0.29) is 27.8 Å². The smallest absolute Gasteiger partial charge is 0.269 e. The molecule has 140 valence electrons. The minimum atomic E-state index is -3.72. The number of para-hydroxylation sites is 2. The Balaban J connectivity index is 1.77. The minimum Gasteiger partial charge on any atom is -0.278 e. The molecular formula is C20H14N2O5S. The van der Waals surface area contributed by atoms with Gasteiger partial charge in [-0.15, -0.1) is 0 Å². The molecule has 0 aliphatic carbocycles. The van der Waals surface area contributed by atoms with Crippen molar-refractivity contribution in [1.82, 2.24) is 0 Å². The average Bonchev–Trinajstić information content (AvgIpc) is 2.69. The molecular weight excluding hydrogens is 380 g/mol. The summed E-state index contributed by atoms with van der Waals surface area (Å²) in [4.78, 5) is 24.9. The van der Waals surface area contributed by atoms with Crippen molar-refractivity contribution in [2.24, 2.45) is 0 Å². The predicted molar refractivity (Wildman–Crippen MR) is 102 cm³/mol. The van der Waals surface area contributed by atoms with E-state index in [1.165, 1.54) is 41.3 Å². The van der Waals surface area contributed by atoms with Crippen LogP contribution in [0.4, 0.5) is 17.1 Å². The van der Waals surface area contributed by atoms with Crippen LogP contribution in [0.5, 0.6) is 0 Å². The maximum atomic E-state index is 13.1. The first-order valence-corrected chi connectivity index (χ1v) is 9.87. The van der Waals surface area contributed by atoms with Crippen molar-refractivity contribution < 1.29 is 18.1 Å². The lowest BCUT2D eigenvalue weighted by atomic mass is 10.1. The summed E-state index contributed by atoms with van der Waals surface area (Å²) in [7, 11) is -3.72. The number of nitro groups is 1. The van der Waals surface area contributed by atoms with Gasteiger partial charge in [-0.2, -0.15) is 0 Å². The van der Waals surface area contributed by atoms with Gasteiger partial charge in [0.15, 0.2) is 0 Å². The third kappa shape index (κ3) is 2.84. The van der Waals surface area contributed by atoms with E-state index in [1.54, 1.807) is 36.4 Å². The van der Waals surface area contributed by atoms with Crippen LogP contribution in [0, 0.1) is 10.1 Å². The van der Waals surface area contributed by atoms with Crippen LogP contribution in [0.1, 0.15) is 5.56 Å². The minimum absolute atomic E-state index is 0.0271. The number of hydrogen-bond donors (Lipinski definition) is 0. The maximum Gasteiger partial charge on any atom is 0.269 e. The highest BCUT2D eigenvalue weighted by Gasteiger charge is 2.36. The standard InChI is InChI=1S/C20H14N2O5S/c23-20(13-14-9-11-15(12-10-14)22(24)25)21-16-5-1-3-7-18(16)28(26,27)19-8-4-2-6-17(19)21/h1-12H,13H2. The van der Waals surface area contributed by atoms with Gasteiger partial charge in [0.05, 0.1) is 32.5 Å². The molecule has 0 saturated heterocycles. The molecule has 1 aliphatic heterocycles. The molecule has 0 radical (unpaired) electrons. The third-order valence-electron chi connectivity index (χ3n) is 4.54. The van der Waals surface area contributed by atoms with Crippen LogP contribution >= 0.6 is 0 Å². The Labute approximate surface area is 160 Å². The van der Waals surface area contributed by atoms with Gasteiger partial charge in [-0.1, -0.05) is 36.4 Å². The van der Waals surface area contributed by atoms with Crippen LogP contribution < -0.4 is 4.90 Å². The number of carbonyl (C=O) groups excluding carboxylic acids is 1. The van der Waals surface area contributed by atoms with Gasteiger partial charge in [0.1, 0.15) is 0 Å². The molecule has 0 N–H and O–H groups in total. The van der Waals surface area contributed by atoms with E-state index >= 15 is 0 Å². The number of nitrogens with zero attached hydrogens (tertiary/aromatic N) is 2. The van der Waals surface area contributed by atoms with Crippen LogP contribution in [0.3, 0.4) is 0 Å². The number of rotatable bonds is 3. The van der Waals surface area contributed by atoms with Crippen LogP contribution in [0.2, 0.25) is 0 Å². The third-order valence-corrected chi connectivity index (χ3v) is 6.39. The number of benzene rings is 3. The highest BCUT2D eigenvalue weighted by molar-refractivity contribution is 7.92. The van der Waals surface area contributed by atoms with Crippen LogP contribution in [0.15, 0.2) is 82.6 Å². The fourth-order valence-corrected chi connectivity index (χ4v) is 4.87. The zero-order valence-corrected chi connectivity index (χ0v) is 15.3. The summed E-state index contributed by atoms with van der Waals surface area (Å²) < 4.78 is 25.8. The second-order valence-electron chi connectivity index (χ2n) is 6.27. The molecule has 0 atom stereocenters. The average molecular weight is 394 g/mol. The number of nitro benzene ring substituents is 1. The monoisotopic (exact) mass is 394 g/mol. The summed E-state index contributed by atoms with van der Waals surface area (Å²) in [5.41, 5.74) is 1.14. The Hall–Kier alpha value is -3.52. The summed E-state index contributed by atoms with van der Waals surface area (Å²) in [5.74, 6) is -0.330. The van der Waals surface area contributed by atoms with Gasteiger partial charge in [0.2, 0.25) is 15.7 Å². The van der Waals surface area contributed by atoms with Crippen LogP contribution in [-0.2, 0) is 21.1 Å². The van der Waals surface area contributed by atoms with E-state index in [4.69, 9.17) is 0 Å². The Morgan fingerprint density at radius 3 is 1.86 bits per heavy atom. The van der Waals surface area contributed by atoms with E-state index in [9.17, 15) is 23.3 Å². The van der Waals surface area contributed by atoms with Gasteiger partial charge in [0.25, 0.3) is 5.69 Å². The highest BCUT2D eigenvalue weighted by Crippen LogP contribution is 2.44. The lowest BCUT2D eigenvalue weighted by molar-refractivity contribution is -0.384. The quantitative estimate of drug-likeness (QED) is 0.499. The van der Waals surface area contributed by atoms with Gasteiger partial charge >= 0.3 is 0 Å². The van der Waals surface area contributed by atoms with Crippen LogP contribution in [0.25, 0.3) is 0 Å². The van der Waals surface area contributed by atoms with Crippen LogP contribution in [-0.4, -0.2) is 19.2 Å². The zero-order chi connectivity index (χ0) is 19.9. The summed E-state index contributed by atoms with van der Waals surface area (Å²) >= 11 is 0. The largest absolute Gasteiger partial charge is 0.278 e. The normalized spacial score (nSPS) is 14.1. The van der Waals surface area contributed by atoms with Crippen molar-refractivity contribution in [3.63, 3.8) is 0 Å². The van der Waals surface area contributed by atoms with Crippen molar-refractivity contribution >= 4 is 32.8 Å². The summed E-state index contributed by atoms with van der Waals surface area (Å²) in [6.45, 7) is 0. The summed E-state index contributed by atoms with van der Waals surface area (Å²) in [5, 5.41) is 10.8. The van der Waals surface area contributed by atoms with Crippen molar-refractivity contribution in [2.75, 3.05) is 4.90 Å². The van der Waals surface area contributed by atoms with Gasteiger partial charge < -0.3 is 0 Å². The summed E-state index contributed by atoms with van der Waals surface area (Å²) in [6, 6.07) is 18.4. The van der Waals surface area contributed by atoms with E-state index < -0.39 is 14.8 Å². The number of anilines is 2. The molecule has 0 saturated carbocycles. The molecule has 28 heavy (non-hydrogen) atoms. The number of fused-ring (bicyclic) bond motifs is 2. The van der Waals surface area contributed by atoms with E-state index in [2.05, 4.69) is 0 Å². The molecule has 7 nitrogen and oxygen atoms in total. The zero-order valence-electron chi connectivity index (χ0n) is 14.5. The number of sulfone groups is 1. The van der Waals surface area contributed by atoms with E-state index in [0.29, 0.717) is 16.9 Å². The molecule has 1 aliphatic rings. The molecule has 0 fully saturated rings. The van der Waals surface area contributed by atoms with Crippen molar-refractivity contribution in [1.29, 1.82) is 0 Å². The second-order valence-corrected chi connectivity index (χ2v) is 8.15. The van der Waals surface area contributed by atoms with Gasteiger partial charge in [0, 0.05) is 12.1 Å². The lowest BCUT2D eigenvalue weighted by Crippen LogP contribution is -2.32. The number of amides is 1. The first-order valence-electron chi connectivity index (χ1n) is 8.39. The van der Waals surface area contributed by atoms with E-state index in [1.807, 2.05) is 0 Å². The fraction of sp³-hybridized carbons (Fsp3) is 0.0500. The number of non-ortho nitro benzene ring substituents is 1. The molecule has 0 spiro atoms. The van der Waals surface area contributed by atoms with E-state index in [0.717, 1.165) is 0 Å². The Bertz CT molecular complexity index is 1150. The Morgan fingerprint density at radius 1 is 0.857 bits per heavy atom. The van der Waals surface area contributed by atoms with Gasteiger partial charge in [-0.05, 0) is 29.8 Å². The first kappa shape index (κ1) is 17.9. The molecule has 0 unspecified atom stereocenters. The molecule has 3 aromatic carbocycles. The molecule has 1 amide bonds. The molecule has 8 heteroatoms. The molecule has 0 aromatic heterocycles. The number of carbonyl (C=O) groups is 1. The van der Waals surface area contributed by atoms with Crippen molar-refractivity contribution in [3.05, 3.63) is 88.5 Å². The predicted octanol–water partition coefficient (Wildman–Crippen LogP) is 3.65. The Kier molecular flexibility index (Phi) is 4.20. The van der Waals surface area contributed by atoms with Crippen molar-refractivity contribution in [3.8, 4) is 0 Å². The fourth-order valence-electron chi connectivity index (χ4n) is 3.24. The van der Waals surface area contributed by atoms with Gasteiger partial charge in [-0.3, -0.25) is 19.8 Å². The molecule has 1 heterocycles. The molecule has 0 bridgehead atoms. The maximum absolute atomic E-state index is 13.1. The highest BCUT2D eigenvalue weighted by atomic mass is 32.2. The summed E-state index contributed by atoms with van der Waals surface area (Å²) in [6.07, 6.45) is -0.0271. The topological polar surface area (TPSA) is 97.6 Å². The Morgan fingerprint density at radius 2 is 1.36 bits per heavy atom. The first-order chi connectivity index (χ1) is 13.4. The number of hydrogen-bond acceptors (Lipinski definition) is 5.